The van der Waals surface area contributed by atoms with Crippen LogP contribution in [0.1, 0.15) is 43.6 Å². The molecule has 140 valence electrons. The minimum absolute atomic E-state index is 0.0996. The van der Waals surface area contributed by atoms with E-state index in [2.05, 4.69) is 5.32 Å². The third kappa shape index (κ3) is 4.20. The lowest BCUT2D eigenvalue weighted by atomic mass is 9.99. The number of para-hydroxylation sites is 1. The summed E-state index contributed by atoms with van der Waals surface area (Å²) in [6.45, 7) is 2.00. The Bertz CT molecular complexity index is 1020. The number of Topliss-reactive ketones (excluding diaryl/α,β-unsaturated/α-hetero) is 2. The van der Waals surface area contributed by atoms with Gasteiger partial charge < -0.3 is 5.32 Å². The highest BCUT2D eigenvalue weighted by Gasteiger charge is 2.22. The van der Waals surface area contributed by atoms with E-state index in [1.54, 1.807) is 30.3 Å². The molecule has 28 heavy (non-hydrogen) atoms. The molecule has 0 spiro atoms. The summed E-state index contributed by atoms with van der Waals surface area (Å²) >= 11 is 0. The second kappa shape index (κ2) is 8.39. The highest BCUT2D eigenvalue weighted by atomic mass is 19.1. The first-order valence-corrected chi connectivity index (χ1v) is 8.83. The van der Waals surface area contributed by atoms with Gasteiger partial charge in [-0.05, 0) is 48.4 Å². The van der Waals surface area contributed by atoms with Crippen molar-refractivity contribution in [3.8, 4) is 0 Å². The van der Waals surface area contributed by atoms with Crippen LogP contribution in [-0.4, -0.2) is 17.5 Å². The lowest BCUT2D eigenvalue weighted by molar-refractivity contribution is 0.0817. The van der Waals surface area contributed by atoms with Gasteiger partial charge in [-0.25, -0.2) is 4.39 Å². The smallest absolute Gasteiger partial charge is 0.255 e. The van der Waals surface area contributed by atoms with Crippen LogP contribution in [0.3, 0.4) is 0 Å². The van der Waals surface area contributed by atoms with Crippen molar-refractivity contribution < 1.29 is 18.8 Å². The van der Waals surface area contributed by atoms with Crippen LogP contribution in [0.4, 0.5) is 10.1 Å². The third-order valence-electron chi connectivity index (χ3n) is 4.36. The summed E-state index contributed by atoms with van der Waals surface area (Å²) in [4.78, 5) is 37.7. The van der Waals surface area contributed by atoms with Crippen LogP contribution in [-0.2, 0) is 6.42 Å². The fourth-order valence-electron chi connectivity index (χ4n) is 2.73. The summed E-state index contributed by atoms with van der Waals surface area (Å²) < 4.78 is 13.0. The van der Waals surface area contributed by atoms with Crippen molar-refractivity contribution in [1.82, 2.24) is 0 Å². The molecule has 1 N–H and O–H groups in total. The van der Waals surface area contributed by atoms with Gasteiger partial charge in [0.15, 0.2) is 0 Å². The maximum atomic E-state index is 13.0. The number of carbonyl (C=O) groups is 3. The molecule has 3 aromatic carbocycles. The number of anilines is 1. The van der Waals surface area contributed by atoms with Gasteiger partial charge in [-0.2, -0.15) is 0 Å². The summed E-state index contributed by atoms with van der Waals surface area (Å²) in [5, 5.41) is 2.62. The first-order chi connectivity index (χ1) is 13.5. The normalized spacial score (nSPS) is 10.4. The molecule has 0 atom stereocenters. The first kappa shape index (κ1) is 19.2. The molecule has 4 nitrogen and oxygen atoms in total. The van der Waals surface area contributed by atoms with Gasteiger partial charge in [-0.15, -0.1) is 0 Å². The molecule has 0 saturated heterocycles. The molecule has 0 heterocycles. The van der Waals surface area contributed by atoms with Gasteiger partial charge in [0, 0.05) is 16.7 Å². The van der Waals surface area contributed by atoms with Crippen LogP contribution < -0.4 is 5.32 Å². The van der Waals surface area contributed by atoms with E-state index >= 15 is 0 Å². The molecule has 0 aliphatic heterocycles. The molecule has 5 heteroatoms. The Labute approximate surface area is 162 Å². The van der Waals surface area contributed by atoms with E-state index in [1.807, 2.05) is 19.1 Å². The van der Waals surface area contributed by atoms with Crippen LogP contribution >= 0.6 is 0 Å². The number of halogens is 1. The SMILES string of the molecule is CCc1ccc(C(=O)C(=O)c2ccccc2NC(=O)c2ccc(F)cc2)cc1. The van der Waals surface area contributed by atoms with E-state index in [1.165, 1.54) is 30.3 Å². The summed E-state index contributed by atoms with van der Waals surface area (Å²) in [6, 6.07) is 18.2. The molecule has 0 aliphatic carbocycles. The van der Waals surface area contributed by atoms with Gasteiger partial charge in [0.25, 0.3) is 5.91 Å². The third-order valence-corrected chi connectivity index (χ3v) is 4.36. The summed E-state index contributed by atoms with van der Waals surface area (Å²) in [7, 11) is 0. The minimum Gasteiger partial charge on any atom is -0.321 e. The van der Waals surface area contributed by atoms with Crippen LogP contribution in [0.5, 0.6) is 0 Å². The van der Waals surface area contributed by atoms with Crippen molar-refractivity contribution in [2.75, 3.05) is 5.32 Å². The highest BCUT2D eigenvalue weighted by molar-refractivity contribution is 6.50. The minimum atomic E-state index is -0.709. The average molecular weight is 375 g/mol. The molecular formula is C23H18FNO3. The zero-order chi connectivity index (χ0) is 20.1. The second-order valence-electron chi connectivity index (χ2n) is 6.22. The second-order valence-corrected chi connectivity index (χ2v) is 6.22. The molecule has 0 aliphatic rings. The number of benzene rings is 3. The molecule has 0 saturated carbocycles. The first-order valence-electron chi connectivity index (χ1n) is 8.83. The van der Waals surface area contributed by atoms with Crippen LogP contribution in [0.2, 0.25) is 0 Å². The zero-order valence-corrected chi connectivity index (χ0v) is 15.2. The highest BCUT2D eigenvalue weighted by Crippen LogP contribution is 2.19. The monoisotopic (exact) mass is 375 g/mol. The van der Waals surface area contributed by atoms with Gasteiger partial charge in [-0.3, -0.25) is 14.4 Å². The summed E-state index contributed by atoms with van der Waals surface area (Å²) in [6.07, 6.45) is 0.834. The van der Waals surface area contributed by atoms with Gasteiger partial charge in [0.1, 0.15) is 5.82 Å². The number of carbonyl (C=O) groups excluding carboxylic acids is 3. The number of hydrogen-bond donors (Lipinski definition) is 1. The lowest BCUT2D eigenvalue weighted by Gasteiger charge is -2.10. The molecule has 3 rings (SSSR count). The molecule has 0 aromatic heterocycles. The molecular weight excluding hydrogens is 357 g/mol. The van der Waals surface area contributed by atoms with Crippen molar-refractivity contribution >= 4 is 23.2 Å². The van der Waals surface area contributed by atoms with E-state index in [-0.39, 0.29) is 16.8 Å². The Morgan fingerprint density at radius 1 is 0.786 bits per heavy atom. The van der Waals surface area contributed by atoms with Crippen molar-refractivity contribution in [2.24, 2.45) is 0 Å². The lowest BCUT2D eigenvalue weighted by Crippen LogP contribution is -2.19. The number of amides is 1. The molecule has 0 bridgehead atoms. The van der Waals surface area contributed by atoms with E-state index in [0.29, 0.717) is 5.56 Å². The van der Waals surface area contributed by atoms with Crippen LogP contribution in [0.15, 0.2) is 72.8 Å². The number of ketones is 2. The molecule has 0 fully saturated rings. The zero-order valence-electron chi connectivity index (χ0n) is 15.2. The molecule has 0 unspecified atom stereocenters. The van der Waals surface area contributed by atoms with Gasteiger partial charge in [0.05, 0.1) is 5.69 Å². The van der Waals surface area contributed by atoms with Gasteiger partial charge >= 0.3 is 0 Å². The van der Waals surface area contributed by atoms with Gasteiger partial charge in [0.2, 0.25) is 11.6 Å². The van der Waals surface area contributed by atoms with Crippen molar-refractivity contribution in [1.29, 1.82) is 0 Å². The summed E-state index contributed by atoms with van der Waals surface area (Å²) in [5.74, 6) is -2.31. The Balaban J connectivity index is 1.84. The van der Waals surface area contributed by atoms with E-state index in [0.717, 1.165) is 12.0 Å². The Morgan fingerprint density at radius 2 is 1.39 bits per heavy atom. The van der Waals surface area contributed by atoms with E-state index in [4.69, 9.17) is 0 Å². The fraction of sp³-hybridized carbons (Fsp3) is 0.0870. The van der Waals surface area contributed by atoms with Gasteiger partial charge in [-0.1, -0.05) is 43.3 Å². The maximum Gasteiger partial charge on any atom is 0.255 e. The predicted octanol–water partition coefficient (Wildman–Crippen LogP) is 4.71. The fourth-order valence-corrected chi connectivity index (χ4v) is 2.73. The topological polar surface area (TPSA) is 63.2 Å². The summed E-state index contributed by atoms with van der Waals surface area (Å²) in [5.41, 5.74) is 1.92. The Kier molecular flexibility index (Phi) is 5.75. The maximum absolute atomic E-state index is 13.0. The number of hydrogen-bond acceptors (Lipinski definition) is 3. The Hall–Kier alpha value is -3.60. The number of nitrogens with one attached hydrogen (secondary N) is 1. The quantitative estimate of drug-likeness (QED) is 0.501. The van der Waals surface area contributed by atoms with Crippen molar-refractivity contribution in [3.05, 3.63) is 101 Å². The molecule has 3 aromatic rings. The molecule has 1 amide bonds. The Morgan fingerprint density at radius 3 is 2.04 bits per heavy atom. The standard InChI is InChI=1S/C23H18FNO3/c1-2-15-7-9-16(10-8-15)21(26)22(27)19-5-3-4-6-20(19)25-23(28)17-11-13-18(24)14-12-17/h3-14H,2H2,1H3,(H,25,28). The van der Waals surface area contributed by atoms with Crippen LogP contribution in [0.25, 0.3) is 0 Å². The van der Waals surface area contributed by atoms with E-state index < -0.39 is 23.3 Å². The van der Waals surface area contributed by atoms with Crippen molar-refractivity contribution in [2.45, 2.75) is 13.3 Å². The van der Waals surface area contributed by atoms with E-state index in [9.17, 15) is 18.8 Å². The number of aryl methyl sites for hydroxylation is 1. The predicted molar refractivity (Wildman–Crippen MR) is 105 cm³/mol. The average Bonchev–Trinajstić information content (AvgIpc) is 2.73. The van der Waals surface area contributed by atoms with Crippen LogP contribution in [0, 0.1) is 5.82 Å². The number of rotatable bonds is 6. The molecule has 0 radical (unpaired) electrons. The van der Waals surface area contributed by atoms with Crippen molar-refractivity contribution in [3.63, 3.8) is 0 Å². The largest absolute Gasteiger partial charge is 0.321 e.